The number of aryl methyl sites for hydroxylation is 1. The lowest BCUT2D eigenvalue weighted by Gasteiger charge is -2.06. The molecule has 1 aromatic heterocycles. The Morgan fingerprint density at radius 1 is 1.18 bits per heavy atom. The van der Waals surface area contributed by atoms with Crippen LogP contribution in [0.2, 0.25) is 0 Å². The van der Waals surface area contributed by atoms with Crippen LogP contribution < -0.4 is 5.32 Å². The maximum absolute atomic E-state index is 4.17. The fraction of sp³-hybridized carbons (Fsp3) is 0.286. The minimum absolute atomic E-state index is 0.800. The maximum Gasteiger partial charge on any atom is 0.115 e. The molecule has 0 saturated heterocycles. The molecule has 0 amide bonds. The highest BCUT2D eigenvalue weighted by Crippen LogP contribution is 2.06. The highest BCUT2D eigenvalue weighted by atomic mass is 14.9. The monoisotopic (exact) mass is 227 g/mol. The second kappa shape index (κ2) is 6.11. The van der Waals surface area contributed by atoms with Crippen molar-refractivity contribution in [3.63, 3.8) is 0 Å². The van der Waals surface area contributed by atoms with Crippen molar-refractivity contribution in [2.24, 2.45) is 0 Å². The molecule has 2 aromatic rings. The molecule has 0 aliphatic rings. The van der Waals surface area contributed by atoms with Crippen LogP contribution in [0.25, 0.3) is 0 Å². The van der Waals surface area contributed by atoms with Crippen molar-refractivity contribution in [1.82, 2.24) is 15.3 Å². The largest absolute Gasteiger partial charge is 0.311 e. The van der Waals surface area contributed by atoms with E-state index in [1.165, 1.54) is 11.1 Å². The van der Waals surface area contributed by atoms with Crippen LogP contribution in [-0.2, 0) is 13.0 Å². The third-order valence-corrected chi connectivity index (χ3v) is 2.78. The summed E-state index contributed by atoms with van der Waals surface area (Å²) in [5.74, 6) is 0. The van der Waals surface area contributed by atoms with Crippen LogP contribution in [0, 0.1) is 6.92 Å². The Balaban J connectivity index is 1.76. The second-order valence-electron chi connectivity index (χ2n) is 4.05. The summed E-state index contributed by atoms with van der Waals surface area (Å²) in [5.41, 5.74) is 3.80. The molecule has 0 spiro atoms. The summed E-state index contributed by atoms with van der Waals surface area (Å²) >= 11 is 0. The molecule has 88 valence electrons. The van der Waals surface area contributed by atoms with Gasteiger partial charge >= 0.3 is 0 Å². The summed E-state index contributed by atoms with van der Waals surface area (Å²) in [5, 5.41) is 3.39. The topological polar surface area (TPSA) is 37.8 Å². The van der Waals surface area contributed by atoms with E-state index in [-0.39, 0.29) is 0 Å². The van der Waals surface area contributed by atoms with Crippen molar-refractivity contribution in [3.05, 3.63) is 59.7 Å². The number of nitrogens with one attached hydrogen (secondary N) is 1. The van der Waals surface area contributed by atoms with E-state index in [2.05, 4.69) is 46.5 Å². The Bertz CT molecular complexity index is 454. The summed E-state index contributed by atoms with van der Waals surface area (Å²) in [6.45, 7) is 3.92. The van der Waals surface area contributed by atoms with Gasteiger partial charge in [0.25, 0.3) is 0 Å². The molecule has 0 radical (unpaired) electrons. The predicted octanol–water partition coefficient (Wildman–Crippen LogP) is 2.12. The summed E-state index contributed by atoms with van der Waals surface area (Å²) in [4.78, 5) is 8.06. The molecule has 3 heteroatoms. The van der Waals surface area contributed by atoms with Gasteiger partial charge in [-0.1, -0.05) is 24.3 Å². The molecule has 0 aliphatic heterocycles. The Morgan fingerprint density at radius 2 is 2.06 bits per heavy atom. The number of hydrogen-bond acceptors (Lipinski definition) is 3. The maximum atomic E-state index is 4.17. The van der Waals surface area contributed by atoms with Crippen LogP contribution in [0.4, 0.5) is 0 Å². The van der Waals surface area contributed by atoms with E-state index in [1.807, 2.05) is 6.07 Å². The molecule has 1 N–H and O–H groups in total. The first kappa shape index (κ1) is 11.7. The van der Waals surface area contributed by atoms with E-state index in [4.69, 9.17) is 0 Å². The normalized spacial score (nSPS) is 10.4. The zero-order valence-corrected chi connectivity index (χ0v) is 10.1. The first-order valence-corrected chi connectivity index (χ1v) is 5.86. The van der Waals surface area contributed by atoms with E-state index in [1.54, 1.807) is 12.5 Å². The van der Waals surface area contributed by atoms with E-state index in [0.717, 1.165) is 25.2 Å². The van der Waals surface area contributed by atoms with Gasteiger partial charge in [0.15, 0.2) is 0 Å². The van der Waals surface area contributed by atoms with Gasteiger partial charge in [-0.3, -0.25) is 0 Å². The standard InChI is InChI=1S/C14H17N3/c1-12-4-2-3-5-13(12)6-8-15-10-14-7-9-16-11-17-14/h2-5,7,9,11,15H,6,8,10H2,1H3. The highest BCUT2D eigenvalue weighted by Gasteiger charge is 1.97. The second-order valence-corrected chi connectivity index (χ2v) is 4.05. The van der Waals surface area contributed by atoms with Crippen LogP contribution in [-0.4, -0.2) is 16.5 Å². The molecule has 0 fully saturated rings. The average Bonchev–Trinajstić information content (AvgIpc) is 2.38. The predicted molar refractivity (Wildman–Crippen MR) is 68.6 cm³/mol. The first-order valence-electron chi connectivity index (χ1n) is 5.86. The summed E-state index contributed by atoms with van der Waals surface area (Å²) in [6.07, 6.45) is 4.40. The Labute approximate surface area is 102 Å². The van der Waals surface area contributed by atoms with Gasteiger partial charge in [-0.25, -0.2) is 9.97 Å². The van der Waals surface area contributed by atoms with Crippen molar-refractivity contribution in [1.29, 1.82) is 0 Å². The molecule has 0 atom stereocenters. The van der Waals surface area contributed by atoms with Gasteiger partial charge in [0.05, 0.1) is 5.69 Å². The molecule has 3 nitrogen and oxygen atoms in total. The van der Waals surface area contributed by atoms with Crippen molar-refractivity contribution in [2.75, 3.05) is 6.54 Å². The number of benzene rings is 1. The Kier molecular flexibility index (Phi) is 4.22. The number of rotatable bonds is 5. The molecule has 1 heterocycles. The van der Waals surface area contributed by atoms with Crippen molar-refractivity contribution < 1.29 is 0 Å². The number of nitrogens with zero attached hydrogens (tertiary/aromatic N) is 2. The average molecular weight is 227 g/mol. The van der Waals surface area contributed by atoms with Crippen molar-refractivity contribution in [2.45, 2.75) is 19.9 Å². The molecule has 1 aromatic carbocycles. The van der Waals surface area contributed by atoms with Crippen LogP contribution in [0.15, 0.2) is 42.9 Å². The first-order chi connectivity index (χ1) is 8.36. The molecule has 17 heavy (non-hydrogen) atoms. The van der Waals surface area contributed by atoms with E-state index in [0.29, 0.717) is 0 Å². The summed E-state index contributed by atoms with van der Waals surface area (Å²) in [6, 6.07) is 10.4. The van der Waals surface area contributed by atoms with E-state index in [9.17, 15) is 0 Å². The lowest BCUT2D eigenvalue weighted by atomic mass is 10.1. The molecular formula is C14H17N3. The van der Waals surface area contributed by atoms with Crippen LogP contribution >= 0.6 is 0 Å². The molecular weight excluding hydrogens is 210 g/mol. The van der Waals surface area contributed by atoms with E-state index < -0.39 is 0 Å². The SMILES string of the molecule is Cc1ccccc1CCNCc1ccncn1. The Morgan fingerprint density at radius 3 is 2.82 bits per heavy atom. The van der Waals surface area contributed by atoms with Crippen LogP contribution in [0.1, 0.15) is 16.8 Å². The zero-order chi connectivity index (χ0) is 11.9. The van der Waals surface area contributed by atoms with Gasteiger partial charge in [0.1, 0.15) is 6.33 Å². The molecule has 0 bridgehead atoms. The van der Waals surface area contributed by atoms with Gasteiger partial charge in [-0.2, -0.15) is 0 Å². The molecule has 0 unspecified atom stereocenters. The van der Waals surface area contributed by atoms with E-state index >= 15 is 0 Å². The third-order valence-electron chi connectivity index (χ3n) is 2.78. The van der Waals surface area contributed by atoms with Gasteiger partial charge < -0.3 is 5.32 Å². The lowest BCUT2D eigenvalue weighted by molar-refractivity contribution is 0.672. The van der Waals surface area contributed by atoms with Crippen molar-refractivity contribution >= 4 is 0 Å². The zero-order valence-electron chi connectivity index (χ0n) is 10.1. The summed E-state index contributed by atoms with van der Waals surface area (Å²) < 4.78 is 0. The molecule has 0 saturated carbocycles. The van der Waals surface area contributed by atoms with Gasteiger partial charge in [0.2, 0.25) is 0 Å². The quantitative estimate of drug-likeness (QED) is 0.795. The third kappa shape index (κ3) is 3.64. The minimum Gasteiger partial charge on any atom is -0.311 e. The van der Waals surface area contributed by atoms with Gasteiger partial charge in [0, 0.05) is 12.7 Å². The number of aromatic nitrogens is 2. The number of hydrogen-bond donors (Lipinski definition) is 1. The highest BCUT2D eigenvalue weighted by molar-refractivity contribution is 5.25. The van der Waals surface area contributed by atoms with Gasteiger partial charge in [-0.15, -0.1) is 0 Å². The van der Waals surface area contributed by atoms with Gasteiger partial charge in [-0.05, 0) is 37.1 Å². The molecule has 2 rings (SSSR count). The summed E-state index contributed by atoms with van der Waals surface area (Å²) in [7, 11) is 0. The Hall–Kier alpha value is -1.74. The van der Waals surface area contributed by atoms with Crippen molar-refractivity contribution in [3.8, 4) is 0 Å². The lowest BCUT2D eigenvalue weighted by Crippen LogP contribution is -2.17. The fourth-order valence-electron chi connectivity index (χ4n) is 1.75. The van der Waals surface area contributed by atoms with Crippen LogP contribution in [0.3, 0.4) is 0 Å². The minimum atomic E-state index is 0.800. The van der Waals surface area contributed by atoms with Crippen LogP contribution in [0.5, 0.6) is 0 Å². The fourth-order valence-corrected chi connectivity index (χ4v) is 1.75. The smallest absolute Gasteiger partial charge is 0.115 e. The molecule has 0 aliphatic carbocycles.